The molecule has 1 saturated heterocycles. The largest absolute Gasteiger partial charge is 0.376 e. The Morgan fingerprint density at radius 2 is 2.17 bits per heavy atom. The van der Waals surface area contributed by atoms with E-state index in [0.29, 0.717) is 5.39 Å². The number of carbonyl (C=O) groups is 1. The number of fused-ring (bicyclic) bond motifs is 1. The molecule has 6 nitrogen and oxygen atoms in total. The number of rotatable bonds is 4. The standard InChI is InChI=1S/C17H21N3O3/c1-11-13-6-3-4-7-14(13)17(22)20(19-11)10-16(21)18-12(2)15-8-5-9-23-15/h3-4,6-7,12,15H,5,8-10H2,1-2H3,(H,18,21)/t12-,15-/m0/s1. The molecule has 0 bridgehead atoms. The van der Waals surface area contributed by atoms with Crippen LogP contribution < -0.4 is 10.9 Å². The van der Waals surface area contributed by atoms with Gasteiger partial charge < -0.3 is 10.1 Å². The number of benzene rings is 1. The highest BCUT2D eigenvalue weighted by molar-refractivity contribution is 5.83. The highest BCUT2D eigenvalue weighted by atomic mass is 16.5. The maximum atomic E-state index is 12.5. The molecule has 2 aromatic rings. The Morgan fingerprint density at radius 1 is 1.43 bits per heavy atom. The van der Waals surface area contributed by atoms with Crippen molar-refractivity contribution in [1.82, 2.24) is 15.1 Å². The van der Waals surface area contributed by atoms with E-state index in [1.165, 1.54) is 4.68 Å². The van der Waals surface area contributed by atoms with Crippen molar-refractivity contribution in [3.8, 4) is 0 Å². The van der Waals surface area contributed by atoms with E-state index in [9.17, 15) is 9.59 Å². The Kier molecular flexibility index (Phi) is 4.43. The van der Waals surface area contributed by atoms with Gasteiger partial charge in [-0.15, -0.1) is 0 Å². The monoisotopic (exact) mass is 315 g/mol. The molecule has 0 unspecified atom stereocenters. The molecule has 1 aromatic carbocycles. The third-order valence-corrected chi connectivity index (χ3v) is 4.26. The molecule has 6 heteroatoms. The molecule has 23 heavy (non-hydrogen) atoms. The van der Waals surface area contributed by atoms with Crippen LogP contribution in [0.25, 0.3) is 10.8 Å². The lowest BCUT2D eigenvalue weighted by molar-refractivity contribution is -0.123. The van der Waals surface area contributed by atoms with Gasteiger partial charge in [0.25, 0.3) is 5.56 Å². The van der Waals surface area contributed by atoms with Crippen molar-refractivity contribution >= 4 is 16.7 Å². The van der Waals surface area contributed by atoms with Gasteiger partial charge in [0.1, 0.15) is 6.54 Å². The van der Waals surface area contributed by atoms with Crippen LogP contribution >= 0.6 is 0 Å². The van der Waals surface area contributed by atoms with Gasteiger partial charge in [-0.05, 0) is 32.8 Å². The van der Waals surface area contributed by atoms with Crippen LogP contribution in [-0.2, 0) is 16.1 Å². The van der Waals surface area contributed by atoms with E-state index in [0.717, 1.165) is 30.5 Å². The van der Waals surface area contributed by atoms with Crippen LogP contribution in [0.4, 0.5) is 0 Å². The minimum absolute atomic E-state index is 0.0574. The molecule has 122 valence electrons. The molecule has 0 saturated carbocycles. The summed E-state index contributed by atoms with van der Waals surface area (Å²) in [6, 6.07) is 7.24. The number of nitrogens with zero attached hydrogens (tertiary/aromatic N) is 2. The lowest BCUT2D eigenvalue weighted by atomic mass is 10.1. The first-order valence-electron chi connectivity index (χ1n) is 7.93. The van der Waals surface area contributed by atoms with Crippen molar-refractivity contribution in [1.29, 1.82) is 0 Å². The van der Waals surface area contributed by atoms with Crippen LogP contribution in [0.2, 0.25) is 0 Å². The van der Waals surface area contributed by atoms with Crippen molar-refractivity contribution in [2.75, 3.05) is 6.61 Å². The second-order valence-corrected chi connectivity index (χ2v) is 6.00. The summed E-state index contributed by atoms with van der Waals surface area (Å²) in [5, 5.41) is 8.56. The predicted molar refractivity (Wildman–Crippen MR) is 87.3 cm³/mol. The molecule has 2 heterocycles. The molecule has 3 rings (SSSR count). The zero-order chi connectivity index (χ0) is 16.4. The number of ether oxygens (including phenoxy) is 1. The topological polar surface area (TPSA) is 73.2 Å². The van der Waals surface area contributed by atoms with Crippen LogP contribution in [0, 0.1) is 6.92 Å². The Morgan fingerprint density at radius 3 is 2.87 bits per heavy atom. The van der Waals surface area contributed by atoms with Crippen LogP contribution in [0.15, 0.2) is 29.1 Å². The summed E-state index contributed by atoms with van der Waals surface area (Å²) in [5.74, 6) is -0.225. The number of amides is 1. The van der Waals surface area contributed by atoms with E-state index in [2.05, 4.69) is 10.4 Å². The van der Waals surface area contributed by atoms with E-state index >= 15 is 0 Å². The Labute approximate surface area is 134 Å². The van der Waals surface area contributed by atoms with E-state index in [1.807, 2.05) is 32.0 Å². The molecule has 1 aliphatic rings. The number of aromatic nitrogens is 2. The van der Waals surface area contributed by atoms with Crippen LogP contribution in [0.3, 0.4) is 0 Å². The van der Waals surface area contributed by atoms with Gasteiger partial charge in [-0.3, -0.25) is 9.59 Å². The lowest BCUT2D eigenvalue weighted by Crippen LogP contribution is -2.43. The minimum atomic E-state index is -0.244. The minimum Gasteiger partial charge on any atom is -0.376 e. The third kappa shape index (κ3) is 3.27. The van der Waals surface area contributed by atoms with Crippen molar-refractivity contribution < 1.29 is 9.53 Å². The second kappa shape index (κ2) is 6.50. The molecule has 1 aromatic heterocycles. The molecule has 1 aliphatic heterocycles. The molecule has 0 aliphatic carbocycles. The van der Waals surface area contributed by atoms with Gasteiger partial charge >= 0.3 is 0 Å². The Balaban J connectivity index is 1.77. The molecule has 0 spiro atoms. The SMILES string of the molecule is Cc1nn(CC(=O)N[C@@H](C)[C@@H]2CCCO2)c(=O)c2ccccc12. The van der Waals surface area contributed by atoms with Crippen LogP contribution in [-0.4, -0.2) is 34.4 Å². The van der Waals surface area contributed by atoms with Gasteiger partial charge in [-0.2, -0.15) is 5.10 Å². The predicted octanol–water partition coefficient (Wildman–Crippen LogP) is 1.39. The highest BCUT2D eigenvalue weighted by Crippen LogP contribution is 2.15. The van der Waals surface area contributed by atoms with Gasteiger partial charge in [0.05, 0.1) is 23.2 Å². The van der Waals surface area contributed by atoms with E-state index < -0.39 is 0 Å². The van der Waals surface area contributed by atoms with Crippen molar-refractivity contribution in [2.45, 2.75) is 45.4 Å². The molecule has 1 amide bonds. The zero-order valence-electron chi connectivity index (χ0n) is 13.4. The summed E-state index contributed by atoms with van der Waals surface area (Å²) >= 11 is 0. The van der Waals surface area contributed by atoms with Gasteiger partial charge in [-0.1, -0.05) is 18.2 Å². The normalized spacial score (nSPS) is 19.0. The molecule has 1 N–H and O–H groups in total. The molecule has 1 fully saturated rings. The second-order valence-electron chi connectivity index (χ2n) is 6.00. The maximum Gasteiger partial charge on any atom is 0.275 e. The smallest absolute Gasteiger partial charge is 0.275 e. The molecular formula is C17H21N3O3. The first kappa shape index (κ1) is 15.7. The average Bonchev–Trinajstić information content (AvgIpc) is 3.07. The molecule has 0 radical (unpaired) electrons. The van der Waals surface area contributed by atoms with Crippen molar-refractivity contribution in [3.05, 3.63) is 40.3 Å². The number of aryl methyl sites for hydroxylation is 1. The third-order valence-electron chi connectivity index (χ3n) is 4.26. The average molecular weight is 315 g/mol. The number of hydrogen-bond donors (Lipinski definition) is 1. The zero-order valence-corrected chi connectivity index (χ0v) is 13.4. The number of hydrogen-bond acceptors (Lipinski definition) is 4. The fourth-order valence-electron chi connectivity index (χ4n) is 3.04. The molecule has 2 atom stereocenters. The first-order valence-corrected chi connectivity index (χ1v) is 7.93. The van der Waals surface area contributed by atoms with Crippen molar-refractivity contribution in [2.24, 2.45) is 0 Å². The fraction of sp³-hybridized carbons (Fsp3) is 0.471. The molecular weight excluding hydrogens is 294 g/mol. The summed E-state index contributed by atoms with van der Waals surface area (Å²) in [4.78, 5) is 24.7. The van der Waals surface area contributed by atoms with Gasteiger partial charge in [0, 0.05) is 12.0 Å². The summed E-state index contributed by atoms with van der Waals surface area (Å²) < 4.78 is 6.80. The fourth-order valence-corrected chi connectivity index (χ4v) is 3.04. The summed E-state index contributed by atoms with van der Waals surface area (Å²) in [6.45, 7) is 4.43. The van der Waals surface area contributed by atoms with Crippen molar-refractivity contribution in [3.63, 3.8) is 0 Å². The van der Waals surface area contributed by atoms with Gasteiger partial charge in [0.2, 0.25) is 5.91 Å². The van der Waals surface area contributed by atoms with E-state index in [-0.39, 0.29) is 30.2 Å². The number of carbonyl (C=O) groups excluding carboxylic acids is 1. The Hall–Kier alpha value is -2.21. The van der Waals surface area contributed by atoms with E-state index in [1.54, 1.807) is 6.07 Å². The highest BCUT2D eigenvalue weighted by Gasteiger charge is 2.24. The summed E-state index contributed by atoms with van der Waals surface area (Å²) in [6.07, 6.45) is 2.03. The first-order chi connectivity index (χ1) is 11.1. The lowest BCUT2D eigenvalue weighted by Gasteiger charge is -2.20. The van der Waals surface area contributed by atoms with Gasteiger partial charge in [-0.25, -0.2) is 4.68 Å². The summed E-state index contributed by atoms with van der Waals surface area (Å²) in [7, 11) is 0. The Bertz CT molecular complexity index is 778. The summed E-state index contributed by atoms with van der Waals surface area (Å²) in [5.41, 5.74) is 0.492. The number of nitrogens with one attached hydrogen (secondary N) is 1. The van der Waals surface area contributed by atoms with Crippen LogP contribution in [0.1, 0.15) is 25.5 Å². The maximum absolute atomic E-state index is 12.5. The van der Waals surface area contributed by atoms with Crippen LogP contribution in [0.5, 0.6) is 0 Å². The quantitative estimate of drug-likeness (QED) is 0.925. The van der Waals surface area contributed by atoms with E-state index in [4.69, 9.17) is 4.74 Å². The van der Waals surface area contributed by atoms with Gasteiger partial charge in [0.15, 0.2) is 0 Å².